The molecular formula is C21H30Cl2N2O. The molecule has 0 amide bonds. The van der Waals surface area contributed by atoms with Gasteiger partial charge in [-0.3, -0.25) is 0 Å². The Labute approximate surface area is 167 Å². The minimum atomic E-state index is -0.480. The van der Waals surface area contributed by atoms with Gasteiger partial charge in [-0.1, -0.05) is 41.9 Å². The highest BCUT2D eigenvalue weighted by Crippen LogP contribution is 2.37. The number of allylic oxidation sites excluding steroid dienone is 1. The van der Waals surface area contributed by atoms with Crippen molar-refractivity contribution < 1.29 is 5.11 Å². The lowest BCUT2D eigenvalue weighted by Crippen LogP contribution is -2.33. The van der Waals surface area contributed by atoms with Gasteiger partial charge >= 0.3 is 0 Å². The van der Waals surface area contributed by atoms with E-state index in [-0.39, 0.29) is 0 Å². The number of β-amino-alcohol motifs (C(OH)–C–C–N with tert-alkyl or cyclic N) is 1. The summed E-state index contributed by atoms with van der Waals surface area (Å²) in [6.45, 7) is 9.30. The van der Waals surface area contributed by atoms with Gasteiger partial charge in [-0.2, -0.15) is 0 Å². The average molecular weight is 397 g/mol. The van der Waals surface area contributed by atoms with Crippen LogP contribution in [0.3, 0.4) is 0 Å². The van der Waals surface area contributed by atoms with E-state index in [2.05, 4.69) is 16.8 Å². The van der Waals surface area contributed by atoms with Crippen molar-refractivity contribution in [2.24, 2.45) is 5.92 Å². The molecule has 2 N–H and O–H groups in total. The van der Waals surface area contributed by atoms with Crippen molar-refractivity contribution >= 4 is 28.8 Å². The molecule has 2 aliphatic heterocycles. The highest BCUT2D eigenvalue weighted by Gasteiger charge is 2.30. The number of likely N-dealkylation sites (tertiary alicyclic amines) is 1. The van der Waals surface area contributed by atoms with Crippen LogP contribution in [0.5, 0.6) is 0 Å². The summed E-state index contributed by atoms with van der Waals surface area (Å²) in [4.78, 5) is 2.54. The van der Waals surface area contributed by atoms with Crippen LogP contribution in [0.4, 0.5) is 0 Å². The molecule has 0 bridgehead atoms. The van der Waals surface area contributed by atoms with Gasteiger partial charge in [-0.25, -0.2) is 0 Å². The fraction of sp³-hybridized carbons (Fsp3) is 0.619. The van der Waals surface area contributed by atoms with Crippen LogP contribution >= 0.6 is 23.2 Å². The molecule has 3 rings (SSSR count). The van der Waals surface area contributed by atoms with Gasteiger partial charge in [-0.15, -0.1) is 0 Å². The van der Waals surface area contributed by atoms with Crippen molar-refractivity contribution in [2.75, 3.05) is 32.7 Å². The van der Waals surface area contributed by atoms with Gasteiger partial charge in [0.05, 0.1) is 15.6 Å². The minimum absolute atomic E-state index is 0.458. The van der Waals surface area contributed by atoms with Gasteiger partial charge in [0.25, 0.3) is 0 Å². The molecule has 5 heteroatoms. The molecule has 144 valence electrons. The second-order valence-electron chi connectivity index (χ2n) is 7.85. The highest BCUT2D eigenvalue weighted by molar-refractivity contribution is 6.43. The van der Waals surface area contributed by atoms with Crippen LogP contribution in [0.25, 0.3) is 5.57 Å². The number of hydrogen-bond acceptors (Lipinski definition) is 3. The molecule has 2 fully saturated rings. The second kappa shape index (κ2) is 9.07. The summed E-state index contributed by atoms with van der Waals surface area (Å²) in [5, 5.41) is 14.9. The van der Waals surface area contributed by atoms with E-state index in [1.165, 1.54) is 6.42 Å². The first kappa shape index (κ1) is 20.2. The molecule has 0 spiro atoms. The number of nitrogens with one attached hydrogen (secondary N) is 1. The summed E-state index contributed by atoms with van der Waals surface area (Å²) in [7, 11) is 0. The first-order valence-corrected chi connectivity index (χ1v) is 10.5. The summed E-state index contributed by atoms with van der Waals surface area (Å²) in [5.41, 5.74) is 1.63. The maximum absolute atomic E-state index is 10.4. The Morgan fingerprint density at radius 2 is 2.15 bits per heavy atom. The molecule has 0 aliphatic carbocycles. The van der Waals surface area contributed by atoms with Gasteiger partial charge in [0.1, 0.15) is 0 Å². The third kappa shape index (κ3) is 5.02. The second-order valence-corrected chi connectivity index (χ2v) is 8.64. The van der Waals surface area contributed by atoms with E-state index in [0.29, 0.717) is 16.0 Å². The highest BCUT2D eigenvalue weighted by atomic mass is 35.5. The van der Waals surface area contributed by atoms with Gasteiger partial charge in [0.2, 0.25) is 0 Å². The predicted octanol–water partition coefficient (Wildman–Crippen LogP) is 4.61. The SMILES string of the molecule is C=C(c1cccc(Cl)c1Cl)C1CCCN(CCCC2(O)CCNC2)CC1. The fourth-order valence-electron chi connectivity index (χ4n) is 4.28. The lowest BCUT2D eigenvalue weighted by Gasteiger charge is -2.25. The van der Waals surface area contributed by atoms with Crippen molar-refractivity contribution in [1.82, 2.24) is 10.2 Å². The van der Waals surface area contributed by atoms with E-state index in [0.717, 1.165) is 76.0 Å². The summed E-state index contributed by atoms with van der Waals surface area (Å²) >= 11 is 12.6. The van der Waals surface area contributed by atoms with Crippen molar-refractivity contribution in [2.45, 2.75) is 44.1 Å². The average Bonchev–Trinajstić information content (AvgIpc) is 2.91. The molecule has 2 atom stereocenters. The molecule has 2 saturated heterocycles. The number of halogens is 2. The Bertz CT molecular complexity index is 628. The quantitative estimate of drug-likeness (QED) is 0.736. The smallest absolute Gasteiger partial charge is 0.0784 e. The van der Waals surface area contributed by atoms with Crippen molar-refractivity contribution in [3.05, 3.63) is 40.4 Å². The Balaban J connectivity index is 1.50. The first-order valence-electron chi connectivity index (χ1n) is 9.77. The third-order valence-corrected chi connectivity index (χ3v) is 6.77. The van der Waals surface area contributed by atoms with Crippen LogP contribution in [-0.2, 0) is 0 Å². The molecule has 0 aromatic heterocycles. The maximum Gasteiger partial charge on any atom is 0.0784 e. The van der Waals surface area contributed by atoms with Crippen LogP contribution in [0.2, 0.25) is 10.0 Å². The lowest BCUT2D eigenvalue weighted by molar-refractivity contribution is 0.0470. The van der Waals surface area contributed by atoms with E-state index in [1.54, 1.807) is 0 Å². The summed E-state index contributed by atoms with van der Waals surface area (Å²) in [6, 6.07) is 5.79. The molecule has 3 nitrogen and oxygen atoms in total. The number of benzene rings is 1. The van der Waals surface area contributed by atoms with Gasteiger partial charge < -0.3 is 15.3 Å². The van der Waals surface area contributed by atoms with E-state index in [4.69, 9.17) is 23.2 Å². The zero-order valence-corrected chi connectivity index (χ0v) is 17.0. The zero-order chi connectivity index (χ0) is 18.6. The minimum Gasteiger partial charge on any atom is -0.389 e. The molecule has 1 aromatic rings. The zero-order valence-electron chi connectivity index (χ0n) is 15.4. The van der Waals surface area contributed by atoms with Crippen LogP contribution in [0.1, 0.15) is 44.1 Å². The summed E-state index contributed by atoms with van der Waals surface area (Å²) in [6.07, 6.45) is 6.26. The van der Waals surface area contributed by atoms with E-state index < -0.39 is 5.60 Å². The molecule has 1 aromatic carbocycles. The largest absolute Gasteiger partial charge is 0.389 e. The normalized spacial score (nSPS) is 27.4. The van der Waals surface area contributed by atoms with Crippen LogP contribution < -0.4 is 5.32 Å². The maximum atomic E-state index is 10.4. The van der Waals surface area contributed by atoms with Crippen molar-refractivity contribution in [3.63, 3.8) is 0 Å². The van der Waals surface area contributed by atoms with Gasteiger partial charge in [0.15, 0.2) is 0 Å². The molecule has 2 heterocycles. The molecule has 2 unspecified atom stereocenters. The molecular weight excluding hydrogens is 367 g/mol. The summed E-state index contributed by atoms with van der Waals surface area (Å²) < 4.78 is 0. The van der Waals surface area contributed by atoms with E-state index in [9.17, 15) is 5.11 Å². The Hall–Kier alpha value is -0.580. The number of nitrogens with zero attached hydrogens (tertiary/aromatic N) is 1. The van der Waals surface area contributed by atoms with Gasteiger partial charge in [0, 0.05) is 6.54 Å². The van der Waals surface area contributed by atoms with Crippen LogP contribution in [-0.4, -0.2) is 48.3 Å². The topological polar surface area (TPSA) is 35.5 Å². The number of rotatable bonds is 6. The Morgan fingerprint density at radius 1 is 1.31 bits per heavy atom. The van der Waals surface area contributed by atoms with Gasteiger partial charge in [-0.05, 0) is 87.8 Å². The molecule has 0 saturated carbocycles. The van der Waals surface area contributed by atoms with Crippen molar-refractivity contribution in [3.8, 4) is 0 Å². The third-order valence-electron chi connectivity index (χ3n) is 5.95. The lowest BCUT2D eigenvalue weighted by atomic mass is 9.88. The number of aliphatic hydroxyl groups is 1. The monoisotopic (exact) mass is 396 g/mol. The first-order chi connectivity index (χ1) is 12.5. The molecule has 2 aliphatic rings. The summed E-state index contributed by atoms with van der Waals surface area (Å²) in [5.74, 6) is 0.458. The number of hydrogen-bond donors (Lipinski definition) is 2. The van der Waals surface area contributed by atoms with Crippen LogP contribution in [0.15, 0.2) is 24.8 Å². The molecule has 0 radical (unpaired) electrons. The standard InChI is InChI=1S/C21H30Cl2N2O/c1-16(18-6-2-7-19(22)20(18)23)17-5-3-12-25(14-8-17)13-4-9-21(26)10-11-24-15-21/h2,6-7,17,24,26H,1,3-5,8-15H2. The van der Waals surface area contributed by atoms with Crippen molar-refractivity contribution in [1.29, 1.82) is 0 Å². The molecule has 26 heavy (non-hydrogen) atoms. The fourth-order valence-corrected chi connectivity index (χ4v) is 4.70. The Kier molecular flexibility index (Phi) is 7.04. The predicted molar refractivity (Wildman–Crippen MR) is 111 cm³/mol. The van der Waals surface area contributed by atoms with Crippen LogP contribution in [0, 0.1) is 5.92 Å². The Morgan fingerprint density at radius 3 is 2.92 bits per heavy atom. The van der Waals surface area contributed by atoms with E-state index >= 15 is 0 Å². The van der Waals surface area contributed by atoms with E-state index in [1.807, 2.05) is 18.2 Å².